The van der Waals surface area contributed by atoms with Gasteiger partial charge in [-0.25, -0.2) is 4.79 Å². The number of alkyl halides is 2. The van der Waals surface area contributed by atoms with E-state index in [0.29, 0.717) is 0 Å². The fourth-order valence-corrected chi connectivity index (χ4v) is 0.868. The highest BCUT2D eigenvalue weighted by molar-refractivity contribution is 6.27. The molecule has 0 fully saturated rings. The van der Waals surface area contributed by atoms with Crippen LogP contribution in [0.3, 0.4) is 0 Å². The molecule has 0 unspecified atom stereocenters. The molecule has 1 atom stereocenters. The molecule has 0 bridgehead atoms. The number of amides is 2. The number of aliphatic carboxylic acids is 1. The minimum Gasteiger partial charge on any atom is -0.480 e. The van der Waals surface area contributed by atoms with Crippen LogP contribution in [0.2, 0.25) is 0 Å². The van der Waals surface area contributed by atoms with Gasteiger partial charge in [0, 0.05) is 6.54 Å². The maximum absolute atomic E-state index is 10.8. The minimum atomic E-state index is -1.26. The summed E-state index contributed by atoms with van der Waals surface area (Å²) in [4.78, 5) is 32.1. The van der Waals surface area contributed by atoms with Crippen LogP contribution >= 0.6 is 23.2 Å². The molecule has 0 aliphatic rings. The van der Waals surface area contributed by atoms with Gasteiger partial charge in [-0.3, -0.25) is 9.59 Å². The molecule has 0 aromatic rings. The first-order chi connectivity index (χ1) is 7.01. The number of carbonyl (C=O) groups is 3. The summed E-state index contributed by atoms with van der Waals surface area (Å²) in [6.07, 6.45) is 0. The Hall–Kier alpha value is -1.01. The zero-order valence-electron chi connectivity index (χ0n) is 7.63. The van der Waals surface area contributed by atoms with E-state index in [4.69, 9.17) is 28.3 Å². The summed E-state index contributed by atoms with van der Waals surface area (Å²) in [5, 5.41) is 13.0. The van der Waals surface area contributed by atoms with E-state index in [-0.39, 0.29) is 18.3 Å². The monoisotopic (exact) mass is 256 g/mol. The molecule has 0 aliphatic carbocycles. The molecule has 0 radical (unpaired) electrons. The highest BCUT2D eigenvalue weighted by Crippen LogP contribution is 1.85. The van der Waals surface area contributed by atoms with Crippen LogP contribution in [0, 0.1) is 0 Å². The van der Waals surface area contributed by atoms with E-state index < -0.39 is 23.8 Å². The van der Waals surface area contributed by atoms with Crippen molar-refractivity contribution in [3.63, 3.8) is 0 Å². The van der Waals surface area contributed by atoms with Gasteiger partial charge in [0.2, 0.25) is 11.8 Å². The highest BCUT2D eigenvalue weighted by Gasteiger charge is 2.19. The number of nitrogens with one attached hydrogen (secondary N) is 2. The summed E-state index contributed by atoms with van der Waals surface area (Å²) in [6, 6.07) is -1.21. The number of carboxylic acids is 1. The van der Waals surface area contributed by atoms with Gasteiger partial charge in [0.1, 0.15) is 17.8 Å². The fraction of sp³-hybridized carbons (Fsp3) is 0.571. The van der Waals surface area contributed by atoms with Gasteiger partial charge in [-0.05, 0) is 0 Å². The molecular formula is C7H10Cl2N2O4. The Morgan fingerprint density at radius 3 is 2.07 bits per heavy atom. The normalized spacial score (nSPS) is 11.6. The predicted molar refractivity (Wildman–Crippen MR) is 54.0 cm³/mol. The Labute approximate surface area is 95.9 Å². The summed E-state index contributed by atoms with van der Waals surface area (Å²) in [5.41, 5.74) is 0. The van der Waals surface area contributed by atoms with Gasteiger partial charge >= 0.3 is 5.97 Å². The van der Waals surface area contributed by atoms with Crippen LogP contribution in [0.25, 0.3) is 0 Å². The van der Waals surface area contributed by atoms with E-state index in [2.05, 4.69) is 10.6 Å². The molecule has 0 aromatic carbocycles. The number of carboxylic acid groups (broad SMARTS) is 1. The second-order valence-corrected chi connectivity index (χ2v) is 3.06. The van der Waals surface area contributed by atoms with Crippen molar-refractivity contribution >= 4 is 41.0 Å². The standard InChI is InChI=1S/C7H10Cl2N2O4/c8-1-5(12)10-3-4(7(14)15)11-6(13)2-9/h4H,1-3H2,(H,10,12)(H,11,13)(H,14,15)/t4-/m1/s1. The third-order valence-electron chi connectivity index (χ3n) is 1.38. The number of carbonyl (C=O) groups excluding carboxylic acids is 2. The lowest BCUT2D eigenvalue weighted by Gasteiger charge is -2.13. The zero-order chi connectivity index (χ0) is 11.8. The van der Waals surface area contributed by atoms with E-state index >= 15 is 0 Å². The van der Waals surface area contributed by atoms with Crippen molar-refractivity contribution in [1.82, 2.24) is 10.6 Å². The highest BCUT2D eigenvalue weighted by atomic mass is 35.5. The number of halogens is 2. The molecule has 0 aromatic heterocycles. The molecule has 86 valence electrons. The first-order valence-electron chi connectivity index (χ1n) is 3.92. The van der Waals surface area contributed by atoms with E-state index in [9.17, 15) is 14.4 Å². The van der Waals surface area contributed by atoms with Gasteiger partial charge < -0.3 is 15.7 Å². The molecule has 0 spiro atoms. The van der Waals surface area contributed by atoms with Crippen molar-refractivity contribution in [2.24, 2.45) is 0 Å². The molecule has 6 nitrogen and oxygen atoms in total. The number of hydrogen-bond donors (Lipinski definition) is 3. The molecule has 3 N–H and O–H groups in total. The third kappa shape index (κ3) is 6.14. The lowest BCUT2D eigenvalue weighted by molar-refractivity contribution is -0.141. The molecule has 15 heavy (non-hydrogen) atoms. The van der Waals surface area contributed by atoms with E-state index in [1.54, 1.807) is 0 Å². The second-order valence-electron chi connectivity index (χ2n) is 2.53. The lowest BCUT2D eigenvalue weighted by atomic mass is 10.3. The topological polar surface area (TPSA) is 95.5 Å². The quantitative estimate of drug-likeness (QED) is 0.540. The Balaban J connectivity index is 4.11. The smallest absolute Gasteiger partial charge is 0.328 e. The molecule has 2 amide bonds. The van der Waals surface area contributed by atoms with Crippen molar-refractivity contribution in [2.75, 3.05) is 18.3 Å². The van der Waals surface area contributed by atoms with Gasteiger partial charge in [0.15, 0.2) is 0 Å². The molecule has 0 saturated heterocycles. The van der Waals surface area contributed by atoms with Gasteiger partial charge in [-0.1, -0.05) is 0 Å². The predicted octanol–water partition coefficient (Wildman–Crippen LogP) is -0.850. The van der Waals surface area contributed by atoms with Crippen LogP contribution in [0.1, 0.15) is 0 Å². The molecular weight excluding hydrogens is 247 g/mol. The maximum atomic E-state index is 10.8. The maximum Gasteiger partial charge on any atom is 0.328 e. The second kappa shape index (κ2) is 7.30. The molecule has 0 heterocycles. The minimum absolute atomic E-state index is 0.233. The van der Waals surface area contributed by atoms with E-state index in [0.717, 1.165) is 0 Å². The average Bonchev–Trinajstić information content (AvgIpc) is 2.22. The zero-order valence-corrected chi connectivity index (χ0v) is 9.14. The van der Waals surface area contributed by atoms with Crippen molar-refractivity contribution in [3.8, 4) is 0 Å². The van der Waals surface area contributed by atoms with Gasteiger partial charge in [-0.2, -0.15) is 0 Å². The summed E-state index contributed by atoms with van der Waals surface area (Å²) >= 11 is 10.4. The SMILES string of the molecule is O=C(CCl)NC[C@@H](NC(=O)CCl)C(=O)O. The first kappa shape index (κ1) is 14.0. The first-order valence-corrected chi connectivity index (χ1v) is 4.99. The van der Waals surface area contributed by atoms with Gasteiger partial charge in [0.25, 0.3) is 0 Å². The lowest BCUT2D eigenvalue weighted by Crippen LogP contribution is -2.49. The van der Waals surface area contributed by atoms with Crippen LogP contribution in [0.15, 0.2) is 0 Å². The Bertz CT molecular complexity index is 259. The van der Waals surface area contributed by atoms with Crippen LogP contribution in [0.4, 0.5) is 0 Å². The molecule has 0 saturated carbocycles. The molecule has 0 rings (SSSR count). The largest absolute Gasteiger partial charge is 0.480 e. The van der Waals surface area contributed by atoms with E-state index in [1.807, 2.05) is 0 Å². The number of hydrogen-bond acceptors (Lipinski definition) is 3. The summed E-state index contributed by atoms with van der Waals surface area (Å²) < 4.78 is 0. The van der Waals surface area contributed by atoms with E-state index in [1.165, 1.54) is 0 Å². The number of rotatable bonds is 6. The van der Waals surface area contributed by atoms with Gasteiger partial charge in [-0.15, -0.1) is 23.2 Å². The Morgan fingerprint density at radius 2 is 1.67 bits per heavy atom. The van der Waals surface area contributed by atoms with Crippen LogP contribution in [-0.4, -0.2) is 47.2 Å². The molecule has 8 heteroatoms. The van der Waals surface area contributed by atoms with Crippen LogP contribution in [-0.2, 0) is 14.4 Å². The molecule has 0 aliphatic heterocycles. The Morgan fingerprint density at radius 1 is 1.13 bits per heavy atom. The summed E-state index contributed by atoms with van der Waals surface area (Å²) in [6.45, 7) is -0.233. The Kier molecular flexibility index (Phi) is 6.81. The average molecular weight is 257 g/mol. The van der Waals surface area contributed by atoms with Crippen LogP contribution in [0.5, 0.6) is 0 Å². The van der Waals surface area contributed by atoms with Gasteiger partial charge in [0.05, 0.1) is 0 Å². The third-order valence-corrected chi connectivity index (χ3v) is 1.86. The van der Waals surface area contributed by atoms with Crippen molar-refractivity contribution in [3.05, 3.63) is 0 Å². The fourth-order valence-electron chi connectivity index (χ4n) is 0.696. The van der Waals surface area contributed by atoms with Crippen molar-refractivity contribution in [2.45, 2.75) is 6.04 Å². The summed E-state index contributed by atoms with van der Waals surface area (Å²) in [5.74, 6) is -3.00. The van der Waals surface area contributed by atoms with Crippen LogP contribution < -0.4 is 10.6 Å². The van der Waals surface area contributed by atoms with Crippen molar-refractivity contribution in [1.29, 1.82) is 0 Å². The van der Waals surface area contributed by atoms with Crippen molar-refractivity contribution < 1.29 is 19.5 Å². The summed E-state index contributed by atoms with van der Waals surface area (Å²) in [7, 11) is 0.